The van der Waals surface area contributed by atoms with Crippen LogP contribution in [0.25, 0.3) is 0 Å². The number of rotatable bonds is 7. The summed E-state index contributed by atoms with van der Waals surface area (Å²) in [4.78, 5) is 2.13. The molecule has 0 radical (unpaired) electrons. The van der Waals surface area contributed by atoms with Crippen LogP contribution in [0.1, 0.15) is 31.0 Å². The number of nitriles is 1. The fourth-order valence-corrected chi connectivity index (χ4v) is 4.81. The molecule has 138 valence electrons. The van der Waals surface area contributed by atoms with Crippen LogP contribution >= 0.6 is 23.2 Å². The minimum absolute atomic E-state index is 0.0257. The topological polar surface area (TPSA) is 61.2 Å². The van der Waals surface area contributed by atoms with Gasteiger partial charge in [0.2, 0.25) is 0 Å². The van der Waals surface area contributed by atoms with E-state index in [-0.39, 0.29) is 21.7 Å². The minimum Gasteiger partial charge on any atom is -0.296 e. The zero-order valence-corrected chi connectivity index (χ0v) is 16.9. The summed E-state index contributed by atoms with van der Waals surface area (Å²) in [7, 11) is -3.55. The quantitative estimate of drug-likeness (QED) is 0.661. The highest BCUT2D eigenvalue weighted by molar-refractivity contribution is 7.91. The molecular weight excluding hydrogens is 391 g/mol. The average molecular weight is 411 g/mol. The lowest BCUT2D eigenvalue weighted by Gasteiger charge is -2.28. The maximum Gasteiger partial charge on any atom is 0.181 e. The lowest BCUT2D eigenvalue weighted by molar-refractivity contribution is 0.235. The van der Waals surface area contributed by atoms with E-state index in [2.05, 4.69) is 11.0 Å². The Hall–Kier alpha value is -1.58. The van der Waals surface area contributed by atoms with Gasteiger partial charge < -0.3 is 0 Å². The molecule has 0 aliphatic carbocycles. The summed E-state index contributed by atoms with van der Waals surface area (Å²) < 4.78 is 25.3. The third-order valence-corrected chi connectivity index (χ3v) is 6.76. The van der Waals surface area contributed by atoms with Gasteiger partial charge in [0.05, 0.1) is 27.3 Å². The van der Waals surface area contributed by atoms with E-state index in [1.807, 2.05) is 26.0 Å². The second-order valence-electron chi connectivity index (χ2n) is 5.93. The van der Waals surface area contributed by atoms with Gasteiger partial charge >= 0.3 is 0 Å². The van der Waals surface area contributed by atoms with Crippen LogP contribution in [0, 0.1) is 11.3 Å². The molecule has 1 atom stereocenters. The molecule has 0 amide bonds. The van der Waals surface area contributed by atoms with Crippen molar-refractivity contribution in [2.24, 2.45) is 0 Å². The zero-order valence-electron chi connectivity index (χ0n) is 14.6. The summed E-state index contributed by atoms with van der Waals surface area (Å²) in [6.07, 6.45) is 0. The second kappa shape index (κ2) is 8.88. The number of benzene rings is 2. The van der Waals surface area contributed by atoms with Crippen LogP contribution in [0.4, 0.5) is 0 Å². The van der Waals surface area contributed by atoms with Crippen LogP contribution in [0.5, 0.6) is 0 Å². The van der Waals surface area contributed by atoms with Gasteiger partial charge in [-0.2, -0.15) is 5.26 Å². The predicted molar refractivity (Wildman–Crippen MR) is 105 cm³/mol. The van der Waals surface area contributed by atoms with E-state index in [4.69, 9.17) is 28.5 Å². The van der Waals surface area contributed by atoms with Gasteiger partial charge in [-0.25, -0.2) is 8.42 Å². The first-order valence-corrected chi connectivity index (χ1v) is 10.6. The second-order valence-corrected chi connectivity index (χ2v) is 8.85. The monoisotopic (exact) mass is 410 g/mol. The SMILES string of the molecule is CCN(CCS(=O)(=O)c1cc(Cl)ccc1Cl)C(C)c1ccc(C#N)cc1. The van der Waals surface area contributed by atoms with E-state index in [9.17, 15) is 8.42 Å². The molecule has 0 fully saturated rings. The fraction of sp³-hybridized carbons (Fsp3) is 0.316. The van der Waals surface area contributed by atoms with E-state index < -0.39 is 9.84 Å². The maximum absolute atomic E-state index is 12.7. The fourth-order valence-electron chi connectivity index (χ4n) is 2.74. The van der Waals surface area contributed by atoms with Gasteiger partial charge in [-0.1, -0.05) is 42.3 Å². The van der Waals surface area contributed by atoms with Crippen molar-refractivity contribution in [1.29, 1.82) is 5.26 Å². The van der Waals surface area contributed by atoms with Gasteiger partial charge in [-0.05, 0) is 49.4 Å². The van der Waals surface area contributed by atoms with Crippen molar-refractivity contribution >= 4 is 33.0 Å². The average Bonchev–Trinajstić information content (AvgIpc) is 2.64. The number of halogens is 2. The highest BCUT2D eigenvalue weighted by Gasteiger charge is 2.22. The Balaban J connectivity index is 2.14. The van der Waals surface area contributed by atoms with Crippen LogP contribution in [-0.4, -0.2) is 32.2 Å². The Kier molecular flexibility index (Phi) is 7.08. The molecule has 4 nitrogen and oxygen atoms in total. The van der Waals surface area contributed by atoms with Crippen molar-refractivity contribution in [2.75, 3.05) is 18.8 Å². The number of hydrogen-bond acceptors (Lipinski definition) is 4. The molecule has 0 aromatic heterocycles. The summed E-state index contributed by atoms with van der Waals surface area (Å²) in [6.45, 7) is 5.06. The van der Waals surface area contributed by atoms with Crippen LogP contribution in [-0.2, 0) is 9.84 Å². The van der Waals surface area contributed by atoms with Crippen LogP contribution in [0.3, 0.4) is 0 Å². The molecule has 0 bridgehead atoms. The molecule has 0 saturated heterocycles. The van der Waals surface area contributed by atoms with Gasteiger partial charge in [0, 0.05) is 17.6 Å². The van der Waals surface area contributed by atoms with Crippen molar-refractivity contribution in [3.05, 3.63) is 63.6 Å². The van der Waals surface area contributed by atoms with Crippen LogP contribution in [0.2, 0.25) is 10.0 Å². The zero-order chi connectivity index (χ0) is 19.3. The van der Waals surface area contributed by atoms with E-state index in [0.717, 1.165) is 5.56 Å². The van der Waals surface area contributed by atoms with Crippen molar-refractivity contribution in [3.8, 4) is 6.07 Å². The van der Waals surface area contributed by atoms with Crippen molar-refractivity contribution in [1.82, 2.24) is 4.90 Å². The molecule has 0 saturated carbocycles. The number of nitrogens with zero attached hydrogens (tertiary/aromatic N) is 2. The summed E-state index contributed by atoms with van der Waals surface area (Å²) in [5.74, 6) is -0.0540. The standard InChI is InChI=1S/C19H20Cl2N2O2S/c1-3-23(14(2)16-6-4-15(13-22)5-7-16)10-11-26(24,25)19-12-17(20)8-9-18(19)21/h4-9,12,14H,3,10-11H2,1-2H3. The van der Waals surface area contributed by atoms with Crippen LogP contribution < -0.4 is 0 Å². The summed E-state index contributed by atoms with van der Waals surface area (Å²) in [5, 5.41) is 9.42. The van der Waals surface area contributed by atoms with Gasteiger partial charge in [-0.3, -0.25) is 4.90 Å². The first kappa shape index (κ1) is 20.7. The smallest absolute Gasteiger partial charge is 0.181 e. The number of hydrogen-bond donors (Lipinski definition) is 0. The van der Waals surface area contributed by atoms with Crippen molar-refractivity contribution < 1.29 is 8.42 Å². The molecule has 0 heterocycles. The molecular formula is C19H20Cl2N2O2S. The highest BCUT2D eigenvalue weighted by Crippen LogP contribution is 2.27. The maximum atomic E-state index is 12.7. The largest absolute Gasteiger partial charge is 0.296 e. The summed E-state index contributed by atoms with van der Waals surface area (Å²) >= 11 is 12.0. The molecule has 1 unspecified atom stereocenters. The Morgan fingerprint density at radius 1 is 1.15 bits per heavy atom. The molecule has 2 aromatic rings. The first-order valence-electron chi connectivity index (χ1n) is 8.20. The Bertz CT molecular complexity index is 906. The van der Waals surface area contributed by atoms with Crippen LogP contribution in [0.15, 0.2) is 47.4 Å². The lowest BCUT2D eigenvalue weighted by atomic mass is 10.1. The normalized spacial score (nSPS) is 12.8. The predicted octanol–water partition coefficient (Wildman–Crippen LogP) is 4.72. The van der Waals surface area contributed by atoms with Gasteiger partial charge in [-0.15, -0.1) is 0 Å². The molecule has 2 rings (SSSR count). The third-order valence-electron chi connectivity index (χ3n) is 4.35. The van der Waals surface area contributed by atoms with Gasteiger partial charge in [0.25, 0.3) is 0 Å². The molecule has 0 spiro atoms. The van der Waals surface area contributed by atoms with Gasteiger partial charge in [0.1, 0.15) is 0 Å². The molecule has 2 aromatic carbocycles. The minimum atomic E-state index is -3.55. The van der Waals surface area contributed by atoms with E-state index in [0.29, 0.717) is 23.7 Å². The van der Waals surface area contributed by atoms with E-state index >= 15 is 0 Å². The molecule has 0 N–H and O–H groups in total. The lowest BCUT2D eigenvalue weighted by Crippen LogP contribution is -2.32. The molecule has 7 heteroatoms. The Labute approximate surface area is 164 Å². The van der Waals surface area contributed by atoms with E-state index in [1.54, 1.807) is 18.2 Å². The Morgan fingerprint density at radius 3 is 2.38 bits per heavy atom. The van der Waals surface area contributed by atoms with E-state index in [1.165, 1.54) is 12.1 Å². The highest BCUT2D eigenvalue weighted by atomic mass is 35.5. The number of sulfone groups is 1. The Morgan fingerprint density at radius 2 is 1.81 bits per heavy atom. The summed E-state index contributed by atoms with van der Waals surface area (Å²) in [5.41, 5.74) is 1.63. The van der Waals surface area contributed by atoms with Gasteiger partial charge in [0.15, 0.2) is 9.84 Å². The molecule has 0 aliphatic heterocycles. The summed E-state index contributed by atoms with van der Waals surface area (Å²) in [6, 6.07) is 13.9. The van der Waals surface area contributed by atoms with Crippen molar-refractivity contribution in [3.63, 3.8) is 0 Å². The van der Waals surface area contributed by atoms with Crippen molar-refractivity contribution in [2.45, 2.75) is 24.8 Å². The molecule has 26 heavy (non-hydrogen) atoms. The molecule has 0 aliphatic rings. The third kappa shape index (κ3) is 4.99. The first-order chi connectivity index (χ1) is 12.3.